The Morgan fingerprint density at radius 1 is 1.17 bits per heavy atom. The van der Waals surface area contributed by atoms with E-state index in [0.29, 0.717) is 17.7 Å². The summed E-state index contributed by atoms with van der Waals surface area (Å²) in [4.78, 5) is 11.8. The lowest BCUT2D eigenvalue weighted by molar-refractivity contribution is -0.120. The minimum atomic E-state index is 0.0128. The summed E-state index contributed by atoms with van der Waals surface area (Å²) >= 11 is 0. The molecule has 1 heterocycles. The summed E-state index contributed by atoms with van der Waals surface area (Å²) in [7, 11) is 0. The number of aromatic nitrogens is 2. The molecule has 0 aliphatic carbocycles. The summed E-state index contributed by atoms with van der Waals surface area (Å²) < 4.78 is 0. The topological polar surface area (TPSA) is 66.9 Å². The van der Waals surface area contributed by atoms with E-state index >= 15 is 0 Å². The van der Waals surface area contributed by atoms with Gasteiger partial charge in [-0.15, -0.1) is 10.2 Å². The third kappa shape index (κ3) is 4.31. The smallest absolute Gasteiger partial charge is 0.228 e. The van der Waals surface area contributed by atoms with Crippen molar-refractivity contribution in [3.05, 3.63) is 12.1 Å². The minimum absolute atomic E-state index is 0.0128. The number of anilines is 2. The Bertz CT molecular complexity index is 371. The van der Waals surface area contributed by atoms with Gasteiger partial charge in [0.25, 0.3) is 0 Å². The Labute approximate surface area is 108 Å². The number of amides is 1. The summed E-state index contributed by atoms with van der Waals surface area (Å²) in [5, 5.41) is 13.9. The van der Waals surface area contributed by atoms with Crippen LogP contribution in [0.15, 0.2) is 12.1 Å². The molecule has 18 heavy (non-hydrogen) atoms. The van der Waals surface area contributed by atoms with Gasteiger partial charge in [-0.25, -0.2) is 0 Å². The van der Waals surface area contributed by atoms with Crippen molar-refractivity contribution in [3.8, 4) is 0 Å². The van der Waals surface area contributed by atoms with Gasteiger partial charge in [0.15, 0.2) is 5.82 Å². The molecule has 0 atom stereocenters. The first-order chi connectivity index (χ1) is 8.56. The van der Waals surface area contributed by atoms with E-state index in [1.54, 1.807) is 6.07 Å². The minimum Gasteiger partial charge on any atom is -0.366 e. The summed E-state index contributed by atoms with van der Waals surface area (Å²) in [6.07, 6.45) is 1.67. The van der Waals surface area contributed by atoms with Crippen LogP contribution in [0.3, 0.4) is 0 Å². The van der Waals surface area contributed by atoms with E-state index in [4.69, 9.17) is 0 Å². The van der Waals surface area contributed by atoms with Gasteiger partial charge in [0.2, 0.25) is 5.91 Å². The number of carbonyl (C=O) groups excluding carboxylic acids is 1. The van der Waals surface area contributed by atoms with Gasteiger partial charge >= 0.3 is 0 Å². The van der Waals surface area contributed by atoms with E-state index < -0.39 is 0 Å². The van der Waals surface area contributed by atoms with Crippen molar-refractivity contribution in [2.75, 3.05) is 10.6 Å². The van der Waals surface area contributed by atoms with E-state index in [-0.39, 0.29) is 11.8 Å². The van der Waals surface area contributed by atoms with Gasteiger partial charge in [0, 0.05) is 12.0 Å². The SMILES string of the molecule is CCC(CC)C(=O)Nc1ccc(NC(C)C)nn1. The second kappa shape index (κ2) is 6.93. The summed E-state index contributed by atoms with van der Waals surface area (Å²) in [5.41, 5.74) is 0. The molecule has 1 aromatic heterocycles. The maximum absolute atomic E-state index is 11.8. The number of hydrogen-bond donors (Lipinski definition) is 2. The molecule has 0 bridgehead atoms. The molecule has 1 aromatic rings. The van der Waals surface area contributed by atoms with Crippen LogP contribution in [0.25, 0.3) is 0 Å². The zero-order valence-corrected chi connectivity index (χ0v) is 11.5. The second-order valence-electron chi connectivity index (χ2n) is 4.61. The molecule has 0 unspecified atom stereocenters. The van der Waals surface area contributed by atoms with Crippen molar-refractivity contribution in [1.82, 2.24) is 10.2 Å². The van der Waals surface area contributed by atoms with Gasteiger partial charge in [-0.2, -0.15) is 0 Å². The molecule has 0 aliphatic rings. The molecular formula is C13H22N4O. The normalized spacial score (nSPS) is 10.8. The molecule has 2 N–H and O–H groups in total. The molecule has 0 saturated heterocycles. The summed E-state index contributed by atoms with van der Waals surface area (Å²) in [6.45, 7) is 8.08. The van der Waals surface area contributed by atoms with Gasteiger partial charge in [-0.3, -0.25) is 4.79 Å². The van der Waals surface area contributed by atoms with E-state index in [1.165, 1.54) is 0 Å². The molecule has 5 heteroatoms. The highest BCUT2D eigenvalue weighted by Crippen LogP contribution is 2.12. The van der Waals surface area contributed by atoms with Crippen LogP contribution in [0.5, 0.6) is 0 Å². The fraction of sp³-hybridized carbons (Fsp3) is 0.615. The fourth-order valence-electron chi connectivity index (χ4n) is 1.66. The van der Waals surface area contributed by atoms with Crippen molar-refractivity contribution in [2.45, 2.75) is 46.6 Å². The third-order valence-corrected chi connectivity index (χ3v) is 2.71. The number of rotatable bonds is 6. The monoisotopic (exact) mass is 250 g/mol. The number of carbonyl (C=O) groups is 1. The van der Waals surface area contributed by atoms with Crippen LogP contribution in [-0.2, 0) is 4.79 Å². The first-order valence-electron chi connectivity index (χ1n) is 6.47. The van der Waals surface area contributed by atoms with Crippen molar-refractivity contribution in [2.24, 2.45) is 5.92 Å². The maximum Gasteiger partial charge on any atom is 0.228 e. The van der Waals surface area contributed by atoms with E-state index in [0.717, 1.165) is 12.8 Å². The summed E-state index contributed by atoms with van der Waals surface area (Å²) in [6, 6.07) is 3.89. The average Bonchev–Trinajstić information content (AvgIpc) is 2.32. The van der Waals surface area contributed by atoms with Crippen LogP contribution in [0.4, 0.5) is 11.6 Å². The third-order valence-electron chi connectivity index (χ3n) is 2.71. The Balaban J connectivity index is 2.60. The fourth-order valence-corrected chi connectivity index (χ4v) is 1.66. The lowest BCUT2D eigenvalue weighted by Gasteiger charge is -2.12. The number of nitrogens with one attached hydrogen (secondary N) is 2. The first-order valence-corrected chi connectivity index (χ1v) is 6.47. The van der Waals surface area contributed by atoms with Crippen LogP contribution in [0, 0.1) is 5.92 Å². The van der Waals surface area contributed by atoms with E-state index in [2.05, 4.69) is 20.8 Å². The Morgan fingerprint density at radius 2 is 1.72 bits per heavy atom. The molecule has 0 aromatic carbocycles. The largest absolute Gasteiger partial charge is 0.366 e. The molecule has 0 aliphatic heterocycles. The Morgan fingerprint density at radius 3 is 2.17 bits per heavy atom. The highest BCUT2D eigenvalue weighted by molar-refractivity contribution is 5.91. The standard InChI is InChI=1S/C13H22N4O/c1-5-10(6-2)13(18)15-12-8-7-11(16-17-12)14-9(3)4/h7-10H,5-6H2,1-4H3,(H,14,16)(H,15,17,18). The molecule has 1 rings (SSSR count). The van der Waals surface area contributed by atoms with Crippen molar-refractivity contribution < 1.29 is 4.79 Å². The zero-order chi connectivity index (χ0) is 13.5. The molecule has 100 valence electrons. The van der Waals surface area contributed by atoms with Crippen LogP contribution >= 0.6 is 0 Å². The predicted molar refractivity (Wildman–Crippen MR) is 73.5 cm³/mol. The average molecular weight is 250 g/mol. The van der Waals surface area contributed by atoms with Crippen LogP contribution in [0.2, 0.25) is 0 Å². The highest BCUT2D eigenvalue weighted by atomic mass is 16.1. The maximum atomic E-state index is 11.8. The van der Waals surface area contributed by atoms with Gasteiger partial charge in [-0.1, -0.05) is 13.8 Å². The number of nitrogens with zero attached hydrogens (tertiary/aromatic N) is 2. The predicted octanol–water partition coefficient (Wildman–Crippen LogP) is 2.67. The van der Waals surface area contributed by atoms with Gasteiger partial charge in [0.1, 0.15) is 5.82 Å². The second-order valence-corrected chi connectivity index (χ2v) is 4.61. The molecule has 5 nitrogen and oxygen atoms in total. The highest BCUT2D eigenvalue weighted by Gasteiger charge is 2.14. The van der Waals surface area contributed by atoms with Crippen molar-refractivity contribution >= 4 is 17.5 Å². The lowest BCUT2D eigenvalue weighted by atomic mass is 10.0. The van der Waals surface area contributed by atoms with E-state index in [1.807, 2.05) is 33.8 Å². The molecule has 0 spiro atoms. The van der Waals surface area contributed by atoms with Gasteiger partial charge < -0.3 is 10.6 Å². The van der Waals surface area contributed by atoms with Crippen molar-refractivity contribution in [1.29, 1.82) is 0 Å². The van der Waals surface area contributed by atoms with Crippen LogP contribution in [-0.4, -0.2) is 22.1 Å². The molecule has 1 amide bonds. The van der Waals surface area contributed by atoms with Gasteiger partial charge in [-0.05, 0) is 38.8 Å². The summed E-state index contributed by atoms with van der Waals surface area (Å²) in [5.74, 6) is 1.27. The zero-order valence-electron chi connectivity index (χ0n) is 11.5. The Kier molecular flexibility index (Phi) is 5.55. The molecule has 0 saturated carbocycles. The lowest BCUT2D eigenvalue weighted by Crippen LogP contribution is -2.22. The quantitative estimate of drug-likeness (QED) is 0.814. The number of hydrogen-bond acceptors (Lipinski definition) is 4. The van der Waals surface area contributed by atoms with Gasteiger partial charge in [0.05, 0.1) is 0 Å². The molecular weight excluding hydrogens is 228 g/mol. The Hall–Kier alpha value is -1.65. The van der Waals surface area contributed by atoms with Crippen LogP contribution < -0.4 is 10.6 Å². The van der Waals surface area contributed by atoms with Crippen molar-refractivity contribution in [3.63, 3.8) is 0 Å². The molecule has 0 radical (unpaired) electrons. The van der Waals surface area contributed by atoms with E-state index in [9.17, 15) is 4.79 Å². The molecule has 0 fully saturated rings. The van der Waals surface area contributed by atoms with Crippen LogP contribution in [0.1, 0.15) is 40.5 Å². The first kappa shape index (κ1) is 14.4.